The number of nitriles is 1. The van der Waals surface area contributed by atoms with Crippen LogP contribution >= 0.6 is 15.9 Å². The molecule has 5 heteroatoms. The molecule has 0 amide bonds. The first-order valence-corrected chi connectivity index (χ1v) is 7.00. The maximum atomic E-state index is 10.9. The number of rotatable bonds is 5. The molecule has 2 rings (SSSR count). The van der Waals surface area contributed by atoms with Crippen LogP contribution in [0.3, 0.4) is 0 Å². The first-order valence-electron chi connectivity index (χ1n) is 6.20. The van der Waals surface area contributed by atoms with E-state index < -0.39 is 5.97 Å². The van der Waals surface area contributed by atoms with E-state index in [1.807, 2.05) is 24.3 Å². The van der Waals surface area contributed by atoms with Crippen LogP contribution in [0.2, 0.25) is 0 Å². The van der Waals surface area contributed by atoms with Gasteiger partial charge in [-0.1, -0.05) is 34.1 Å². The minimum Gasteiger partial charge on any atom is -0.489 e. The molecule has 0 heterocycles. The second kappa shape index (κ2) is 6.91. The highest BCUT2D eigenvalue weighted by Crippen LogP contribution is 2.21. The van der Waals surface area contributed by atoms with Gasteiger partial charge in [-0.15, -0.1) is 0 Å². The van der Waals surface area contributed by atoms with Crippen molar-refractivity contribution in [1.29, 1.82) is 5.26 Å². The molecule has 0 bridgehead atoms. The minimum absolute atomic E-state index is 0.228. The topological polar surface area (TPSA) is 70.3 Å². The molecule has 0 saturated carbocycles. The lowest BCUT2D eigenvalue weighted by Crippen LogP contribution is -2.00. The molecule has 2 aromatic rings. The van der Waals surface area contributed by atoms with E-state index in [0.717, 1.165) is 11.1 Å². The lowest BCUT2D eigenvalue weighted by atomic mass is 10.1. The van der Waals surface area contributed by atoms with Gasteiger partial charge in [0.2, 0.25) is 0 Å². The number of aromatic carboxylic acids is 1. The van der Waals surface area contributed by atoms with Gasteiger partial charge in [-0.25, -0.2) is 4.79 Å². The Morgan fingerprint density at radius 1 is 1.24 bits per heavy atom. The molecule has 2 aromatic carbocycles. The summed E-state index contributed by atoms with van der Waals surface area (Å²) in [6.45, 7) is 0.331. The van der Waals surface area contributed by atoms with Gasteiger partial charge in [0.15, 0.2) is 0 Å². The first kappa shape index (κ1) is 15.1. The maximum Gasteiger partial charge on any atom is 0.335 e. The number of hydrogen-bond acceptors (Lipinski definition) is 3. The molecule has 0 fully saturated rings. The predicted molar refractivity (Wildman–Crippen MR) is 81.2 cm³/mol. The number of carbonyl (C=O) groups is 1. The van der Waals surface area contributed by atoms with Gasteiger partial charge in [0.05, 0.1) is 18.1 Å². The fraction of sp³-hybridized carbons (Fsp3) is 0.125. The summed E-state index contributed by atoms with van der Waals surface area (Å²) in [7, 11) is 0. The van der Waals surface area contributed by atoms with Crippen molar-refractivity contribution in [3.8, 4) is 11.8 Å². The Morgan fingerprint density at radius 3 is 2.52 bits per heavy atom. The first-order chi connectivity index (χ1) is 10.1. The Balaban J connectivity index is 2.03. The Hall–Kier alpha value is -2.32. The molecule has 0 aliphatic rings. The molecule has 21 heavy (non-hydrogen) atoms. The molecule has 0 aliphatic heterocycles. The molecule has 4 nitrogen and oxygen atoms in total. The summed E-state index contributed by atoms with van der Waals surface area (Å²) in [5.41, 5.74) is 2.03. The minimum atomic E-state index is -0.962. The van der Waals surface area contributed by atoms with Crippen molar-refractivity contribution in [3.05, 3.63) is 63.6 Å². The second-order valence-electron chi connectivity index (χ2n) is 4.38. The average Bonchev–Trinajstić information content (AvgIpc) is 2.47. The van der Waals surface area contributed by atoms with Crippen LogP contribution in [-0.4, -0.2) is 11.1 Å². The van der Waals surface area contributed by atoms with Crippen LogP contribution in [0.1, 0.15) is 21.5 Å². The van der Waals surface area contributed by atoms with Crippen LogP contribution in [-0.2, 0) is 13.0 Å². The number of halogens is 1. The van der Waals surface area contributed by atoms with Gasteiger partial charge >= 0.3 is 5.97 Å². The van der Waals surface area contributed by atoms with E-state index in [1.165, 1.54) is 0 Å². The van der Waals surface area contributed by atoms with Crippen molar-refractivity contribution < 1.29 is 14.6 Å². The molecule has 0 aromatic heterocycles. The van der Waals surface area contributed by atoms with Crippen LogP contribution in [0.4, 0.5) is 0 Å². The molecule has 0 atom stereocenters. The van der Waals surface area contributed by atoms with Crippen LogP contribution in [0.5, 0.6) is 5.75 Å². The summed E-state index contributed by atoms with van der Waals surface area (Å²) in [6.07, 6.45) is 0.377. The third-order valence-corrected chi connectivity index (χ3v) is 3.64. The van der Waals surface area contributed by atoms with E-state index >= 15 is 0 Å². The van der Waals surface area contributed by atoms with E-state index in [2.05, 4.69) is 22.0 Å². The molecule has 0 saturated heterocycles. The average molecular weight is 346 g/mol. The van der Waals surface area contributed by atoms with Crippen LogP contribution in [0.25, 0.3) is 0 Å². The summed E-state index contributed by atoms with van der Waals surface area (Å²) >= 11 is 3.34. The molecule has 0 radical (unpaired) electrons. The number of benzene rings is 2. The van der Waals surface area contributed by atoms with Gasteiger partial charge in [-0.2, -0.15) is 5.26 Å². The smallest absolute Gasteiger partial charge is 0.335 e. The van der Waals surface area contributed by atoms with Crippen LogP contribution in [0, 0.1) is 11.3 Å². The third kappa shape index (κ3) is 4.07. The molecule has 1 N–H and O–H groups in total. The standard InChI is InChI=1S/C16H12BrNO3/c17-15-9-12(16(19)20)3-4-13(15)10-21-14-5-1-11(2-6-14)7-8-18/h1-6,9H,7,10H2,(H,19,20). The Kier molecular flexibility index (Phi) is 4.96. The third-order valence-electron chi connectivity index (χ3n) is 2.90. The number of carboxylic acid groups (broad SMARTS) is 1. The van der Waals surface area contributed by atoms with Gasteiger partial charge in [0.25, 0.3) is 0 Å². The summed E-state index contributed by atoms with van der Waals surface area (Å²) < 4.78 is 6.34. The van der Waals surface area contributed by atoms with Crippen LogP contribution < -0.4 is 4.74 Å². The van der Waals surface area contributed by atoms with Crippen molar-refractivity contribution in [1.82, 2.24) is 0 Å². The molecular weight excluding hydrogens is 334 g/mol. The number of carboxylic acids is 1. The van der Waals surface area contributed by atoms with Gasteiger partial charge in [0.1, 0.15) is 12.4 Å². The normalized spacial score (nSPS) is 9.90. The largest absolute Gasteiger partial charge is 0.489 e. The van der Waals surface area contributed by atoms with E-state index in [9.17, 15) is 4.79 Å². The Bertz CT molecular complexity index is 690. The lowest BCUT2D eigenvalue weighted by molar-refractivity contribution is 0.0696. The molecule has 0 aliphatic carbocycles. The lowest BCUT2D eigenvalue weighted by Gasteiger charge is -2.09. The highest BCUT2D eigenvalue weighted by molar-refractivity contribution is 9.10. The summed E-state index contributed by atoms with van der Waals surface area (Å²) in [4.78, 5) is 10.9. The Labute approximate surface area is 130 Å². The van der Waals surface area contributed by atoms with E-state index in [4.69, 9.17) is 15.1 Å². The molecule has 0 spiro atoms. The second-order valence-corrected chi connectivity index (χ2v) is 5.23. The van der Waals surface area contributed by atoms with Gasteiger partial charge in [0, 0.05) is 10.0 Å². The zero-order chi connectivity index (χ0) is 15.2. The summed E-state index contributed by atoms with van der Waals surface area (Å²) in [5.74, 6) is -0.262. The monoisotopic (exact) mass is 345 g/mol. The number of nitrogens with zero attached hydrogens (tertiary/aromatic N) is 1. The quantitative estimate of drug-likeness (QED) is 0.894. The van der Waals surface area contributed by atoms with Crippen molar-refractivity contribution in [2.45, 2.75) is 13.0 Å². The van der Waals surface area contributed by atoms with E-state index in [0.29, 0.717) is 23.2 Å². The zero-order valence-corrected chi connectivity index (χ0v) is 12.6. The fourth-order valence-electron chi connectivity index (χ4n) is 1.75. The van der Waals surface area contributed by atoms with Crippen molar-refractivity contribution >= 4 is 21.9 Å². The zero-order valence-electron chi connectivity index (χ0n) is 11.0. The number of hydrogen-bond donors (Lipinski definition) is 1. The molecule has 106 valence electrons. The highest BCUT2D eigenvalue weighted by Gasteiger charge is 2.07. The number of ether oxygens (including phenoxy) is 1. The van der Waals surface area contributed by atoms with Gasteiger partial charge in [-0.05, 0) is 29.8 Å². The summed E-state index contributed by atoms with van der Waals surface area (Å²) in [6, 6.07) is 14.2. The van der Waals surface area contributed by atoms with Gasteiger partial charge < -0.3 is 9.84 Å². The Morgan fingerprint density at radius 2 is 1.95 bits per heavy atom. The van der Waals surface area contributed by atoms with Crippen molar-refractivity contribution in [2.24, 2.45) is 0 Å². The SMILES string of the molecule is N#CCc1ccc(OCc2ccc(C(=O)O)cc2Br)cc1. The van der Waals surface area contributed by atoms with E-state index in [-0.39, 0.29) is 5.56 Å². The predicted octanol–water partition coefficient (Wildman–Crippen LogP) is 3.79. The van der Waals surface area contributed by atoms with Crippen LogP contribution in [0.15, 0.2) is 46.9 Å². The molecule has 0 unspecified atom stereocenters. The van der Waals surface area contributed by atoms with Gasteiger partial charge in [-0.3, -0.25) is 0 Å². The molecular formula is C16H12BrNO3. The summed E-state index contributed by atoms with van der Waals surface area (Å²) in [5, 5.41) is 17.5. The fourth-order valence-corrected chi connectivity index (χ4v) is 2.25. The van der Waals surface area contributed by atoms with Crippen molar-refractivity contribution in [3.63, 3.8) is 0 Å². The van der Waals surface area contributed by atoms with E-state index in [1.54, 1.807) is 18.2 Å². The van der Waals surface area contributed by atoms with Crippen molar-refractivity contribution in [2.75, 3.05) is 0 Å². The highest BCUT2D eigenvalue weighted by atomic mass is 79.9. The maximum absolute atomic E-state index is 10.9.